The van der Waals surface area contributed by atoms with Gasteiger partial charge in [-0.25, -0.2) is 0 Å². The Morgan fingerprint density at radius 3 is 2.50 bits per heavy atom. The third-order valence-corrected chi connectivity index (χ3v) is 3.85. The van der Waals surface area contributed by atoms with Crippen LogP contribution in [0.3, 0.4) is 0 Å². The Balaban J connectivity index is 1.80. The van der Waals surface area contributed by atoms with Crippen LogP contribution in [0.4, 0.5) is 5.69 Å². The van der Waals surface area contributed by atoms with E-state index in [1.807, 2.05) is 48.5 Å². The summed E-state index contributed by atoms with van der Waals surface area (Å²) in [4.78, 5) is 11.8. The van der Waals surface area contributed by atoms with Crippen molar-refractivity contribution < 1.29 is 4.79 Å². The normalized spacial score (nSPS) is 10.1. The minimum atomic E-state index is -0.0383. The first-order valence-electron chi connectivity index (χ1n) is 6.15. The number of halogens is 2. The summed E-state index contributed by atoms with van der Waals surface area (Å²) < 4.78 is 1.91. The van der Waals surface area contributed by atoms with Crippen LogP contribution in [0.25, 0.3) is 0 Å². The molecule has 104 valence electrons. The van der Waals surface area contributed by atoms with E-state index in [0.29, 0.717) is 6.54 Å². The van der Waals surface area contributed by atoms with Gasteiger partial charge in [0.15, 0.2) is 0 Å². The first-order valence-corrected chi connectivity index (χ1v) is 7.73. The smallest absolute Gasteiger partial charge is 0.239 e. The first-order chi connectivity index (χ1) is 9.65. The van der Waals surface area contributed by atoms with Crippen LogP contribution >= 0.6 is 31.9 Å². The molecule has 0 aliphatic rings. The van der Waals surface area contributed by atoms with Crippen LogP contribution in [0.2, 0.25) is 0 Å². The molecule has 0 fully saturated rings. The third kappa shape index (κ3) is 4.65. The molecule has 0 saturated carbocycles. The topological polar surface area (TPSA) is 41.1 Å². The molecule has 2 N–H and O–H groups in total. The maximum atomic E-state index is 11.8. The van der Waals surface area contributed by atoms with Crippen LogP contribution < -0.4 is 10.6 Å². The van der Waals surface area contributed by atoms with Crippen LogP contribution in [-0.4, -0.2) is 12.5 Å². The van der Waals surface area contributed by atoms with Crippen LogP contribution in [0.5, 0.6) is 0 Å². The SMILES string of the molecule is O=C(CNc1ccc(Br)cc1Br)NCc1ccccc1. The Morgan fingerprint density at radius 1 is 1.05 bits per heavy atom. The molecule has 0 bridgehead atoms. The molecule has 1 amide bonds. The lowest BCUT2D eigenvalue weighted by Gasteiger charge is -2.09. The third-order valence-electron chi connectivity index (χ3n) is 2.70. The number of anilines is 1. The molecule has 0 saturated heterocycles. The fourth-order valence-corrected chi connectivity index (χ4v) is 2.85. The monoisotopic (exact) mass is 396 g/mol. The maximum Gasteiger partial charge on any atom is 0.239 e. The van der Waals surface area contributed by atoms with Crippen molar-refractivity contribution in [3.63, 3.8) is 0 Å². The van der Waals surface area contributed by atoms with Gasteiger partial charge in [-0.05, 0) is 39.7 Å². The summed E-state index contributed by atoms with van der Waals surface area (Å²) in [5.74, 6) is -0.0383. The van der Waals surface area contributed by atoms with Crippen LogP contribution in [-0.2, 0) is 11.3 Å². The van der Waals surface area contributed by atoms with E-state index in [1.165, 1.54) is 0 Å². The molecule has 3 nitrogen and oxygen atoms in total. The van der Waals surface area contributed by atoms with Gasteiger partial charge in [0.2, 0.25) is 5.91 Å². The highest BCUT2D eigenvalue weighted by molar-refractivity contribution is 9.11. The van der Waals surface area contributed by atoms with Gasteiger partial charge < -0.3 is 10.6 Å². The number of carbonyl (C=O) groups excluding carboxylic acids is 1. The molecule has 0 heterocycles. The van der Waals surface area contributed by atoms with Gasteiger partial charge in [0.25, 0.3) is 0 Å². The summed E-state index contributed by atoms with van der Waals surface area (Å²) >= 11 is 6.84. The van der Waals surface area contributed by atoms with Gasteiger partial charge in [0.05, 0.1) is 6.54 Å². The summed E-state index contributed by atoms with van der Waals surface area (Å²) in [7, 11) is 0. The zero-order valence-corrected chi connectivity index (χ0v) is 13.9. The highest BCUT2D eigenvalue weighted by Crippen LogP contribution is 2.25. The minimum Gasteiger partial charge on any atom is -0.375 e. The van der Waals surface area contributed by atoms with E-state index >= 15 is 0 Å². The van der Waals surface area contributed by atoms with E-state index in [0.717, 1.165) is 20.2 Å². The van der Waals surface area contributed by atoms with Crippen molar-refractivity contribution in [3.05, 3.63) is 63.0 Å². The summed E-state index contributed by atoms with van der Waals surface area (Å²) in [6.07, 6.45) is 0. The van der Waals surface area contributed by atoms with Crippen LogP contribution in [0, 0.1) is 0 Å². The van der Waals surface area contributed by atoms with Gasteiger partial charge in [0.1, 0.15) is 0 Å². The highest BCUT2D eigenvalue weighted by atomic mass is 79.9. The Kier molecular flexibility index (Phi) is 5.61. The molecular weight excluding hydrogens is 384 g/mol. The molecule has 2 aromatic carbocycles. The highest BCUT2D eigenvalue weighted by Gasteiger charge is 2.04. The van der Waals surface area contributed by atoms with E-state index in [1.54, 1.807) is 0 Å². The molecule has 2 aromatic rings. The Hall–Kier alpha value is -1.33. The number of benzene rings is 2. The number of hydrogen-bond donors (Lipinski definition) is 2. The zero-order chi connectivity index (χ0) is 14.4. The molecular formula is C15H14Br2N2O. The lowest BCUT2D eigenvalue weighted by atomic mass is 10.2. The van der Waals surface area contributed by atoms with E-state index in [-0.39, 0.29) is 12.5 Å². The Labute approximate surface area is 135 Å². The van der Waals surface area contributed by atoms with E-state index in [2.05, 4.69) is 42.5 Å². The zero-order valence-electron chi connectivity index (χ0n) is 10.7. The molecule has 0 atom stereocenters. The molecule has 20 heavy (non-hydrogen) atoms. The molecule has 2 rings (SSSR count). The van der Waals surface area contributed by atoms with Gasteiger partial charge in [0, 0.05) is 21.2 Å². The predicted octanol–water partition coefficient (Wildman–Crippen LogP) is 3.94. The summed E-state index contributed by atoms with van der Waals surface area (Å²) in [5, 5.41) is 5.97. The molecule has 0 radical (unpaired) electrons. The minimum absolute atomic E-state index is 0.0383. The second-order valence-electron chi connectivity index (χ2n) is 4.24. The van der Waals surface area contributed by atoms with Crippen molar-refractivity contribution in [2.75, 3.05) is 11.9 Å². The quantitative estimate of drug-likeness (QED) is 0.802. The molecule has 0 aliphatic heterocycles. The molecule has 0 spiro atoms. The lowest BCUT2D eigenvalue weighted by molar-refractivity contribution is -0.119. The van der Waals surface area contributed by atoms with Crippen LogP contribution in [0.15, 0.2) is 57.5 Å². The fraction of sp³-hybridized carbons (Fsp3) is 0.133. The largest absolute Gasteiger partial charge is 0.375 e. The van der Waals surface area contributed by atoms with Crippen molar-refractivity contribution in [1.82, 2.24) is 5.32 Å². The van der Waals surface area contributed by atoms with Gasteiger partial charge >= 0.3 is 0 Å². The molecule has 0 aliphatic carbocycles. The number of hydrogen-bond acceptors (Lipinski definition) is 2. The van der Waals surface area contributed by atoms with E-state index in [4.69, 9.17) is 0 Å². The van der Waals surface area contributed by atoms with Crippen molar-refractivity contribution in [3.8, 4) is 0 Å². The summed E-state index contributed by atoms with van der Waals surface area (Å²) in [5.41, 5.74) is 1.98. The number of nitrogens with one attached hydrogen (secondary N) is 2. The standard InChI is InChI=1S/C15H14Br2N2O/c16-12-6-7-14(13(17)8-12)18-10-15(20)19-9-11-4-2-1-3-5-11/h1-8,18H,9-10H2,(H,19,20). The number of carbonyl (C=O) groups is 1. The summed E-state index contributed by atoms with van der Waals surface area (Å²) in [6.45, 7) is 0.788. The number of amides is 1. The van der Waals surface area contributed by atoms with E-state index < -0.39 is 0 Å². The van der Waals surface area contributed by atoms with Crippen molar-refractivity contribution >= 4 is 43.5 Å². The molecule has 0 unspecified atom stereocenters. The van der Waals surface area contributed by atoms with Gasteiger partial charge in [-0.1, -0.05) is 46.3 Å². The van der Waals surface area contributed by atoms with Crippen molar-refractivity contribution in [2.24, 2.45) is 0 Å². The first kappa shape index (κ1) is 15.1. The maximum absolute atomic E-state index is 11.8. The summed E-state index contributed by atoms with van der Waals surface area (Å²) in [6, 6.07) is 15.6. The second kappa shape index (κ2) is 7.45. The lowest BCUT2D eigenvalue weighted by Crippen LogP contribution is -2.29. The Bertz CT molecular complexity index is 588. The average molecular weight is 398 g/mol. The number of rotatable bonds is 5. The average Bonchev–Trinajstić information content (AvgIpc) is 2.45. The Morgan fingerprint density at radius 2 is 1.80 bits per heavy atom. The molecule has 0 aromatic heterocycles. The van der Waals surface area contributed by atoms with Gasteiger partial charge in [-0.3, -0.25) is 4.79 Å². The second-order valence-corrected chi connectivity index (χ2v) is 6.01. The fourth-order valence-electron chi connectivity index (χ4n) is 1.67. The van der Waals surface area contributed by atoms with Crippen molar-refractivity contribution in [1.29, 1.82) is 0 Å². The van der Waals surface area contributed by atoms with E-state index in [9.17, 15) is 4.79 Å². The van der Waals surface area contributed by atoms with Gasteiger partial charge in [-0.15, -0.1) is 0 Å². The van der Waals surface area contributed by atoms with Crippen molar-refractivity contribution in [2.45, 2.75) is 6.54 Å². The van der Waals surface area contributed by atoms with Crippen LogP contribution in [0.1, 0.15) is 5.56 Å². The predicted molar refractivity (Wildman–Crippen MR) is 88.6 cm³/mol. The van der Waals surface area contributed by atoms with Gasteiger partial charge in [-0.2, -0.15) is 0 Å². The molecule has 5 heteroatoms.